The van der Waals surface area contributed by atoms with E-state index in [1.54, 1.807) is 17.8 Å². The van der Waals surface area contributed by atoms with Gasteiger partial charge < -0.3 is 4.90 Å². The van der Waals surface area contributed by atoms with E-state index in [-0.39, 0.29) is 17.5 Å². The normalized spacial score (nSPS) is 17.4. The van der Waals surface area contributed by atoms with Gasteiger partial charge in [-0.15, -0.1) is 0 Å². The second kappa shape index (κ2) is 5.82. The van der Waals surface area contributed by atoms with Gasteiger partial charge in [-0.1, -0.05) is 0 Å². The van der Waals surface area contributed by atoms with Crippen molar-refractivity contribution in [1.82, 2.24) is 29.3 Å². The van der Waals surface area contributed by atoms with Crippen LogP contribution in [-0.4, -0.2) is 41.7 Å². The van der Waals surface area contributed by atoms with Gasteiger partial charge in [-0.05, 0) is 33.6 Å². The van der Waals surface area contributed by atoms with Crippen LogP contribution in [0.1, 0.15) is 51.9 Å². The van der Waals surface area contributed by atoms with E-state index < -0.39 is 0 Å². The summed E-state index contributed by atoms with van der Waals surface area (Å²) in [7, 11) is 1.81. The van der Waals surface area contributed by atoms with Crippen molar-refractivity contribution in [2.75, 3.05) is 6.54 Å². The highest BCUT2D eigenvalue weighted by atomic mass is 16.2. The van der Waals surface area contributed by atoms with Crippen LogP contribution in [-0.2, 0) is 7.05 Å². The number of aromatic nitrogens is 5. The summed E-state index contributed by atoms with van der Waals surface area (Å²) < 4.78 is 3.12. The molecule has 0 unspecified atom stereocenters. The molecular weight excluding hydrogens is 332 g/mol. The molecular formula is C18H22N6O2. The van der Waals surface area contributed by atoms with E-state index in [2.05, 4.69) is 15.2 Å². The molecule has 0 spiro atoms. The summed E-state index contributed by atoms with van der Waals surface area (Å²) in [5, 5.41) is 7.43. The average Bonchev–Trinajstić information content (AvgIpc) is 3.30. The quantitative estimate of drug-likeness (QED) is 0.758. The van der Waals surface area contributed by atoms with E-state index in [0.717, 1.165) is 29.9 Å². The lowest BCUT2D eigenvalue weighted by Crippen LogP contribution is -2.31. The topological polar surface area (TPSA) is 88.3 Å². The van der Waals surface area contributed by atoms with Crippen LogP contribution >= 0.6 is 0 Å². The third-order valence-electron chi connectivity index (χ3n) is 5.22. The van der Waals surface area contributed by atoms with Crippen molar-refractivity contribution in [2.24, 2.45) is 7.05 Å². The second-order valence-electron chi connectivity index (χ2n) is 6.99. The van der Waals surface area contributed by atoms with Crippen LogP contribution in [0.3, 0.4) is 0 Å². The number of aryl methyl sites for hydroxylation is 3. The molecule has 1 aliphatic rings. The summed E-state index contributed by atoms with van der Waals surface area (Å²) in [6, 6.07) is 1.78. The lowest BCUT2D eigenvalue weighted by molar-refractivity contribution is 0.0732. The molecule has 1 amide bonds. The minimum Gasteiger partial charge on any atom is -0.330 e. The highest BCUT2D eigenvalue weighted by molar-refractivity contribution is 5.95. The van der Waals surface area contributed by atoms with Crippen molar-refractivity contribution >= 4 is 11.6 Å². The summed E-state index contributed by atoms with van der Waals surface area (Å²) in [5.74, 6) is -0.0237. The molecule has 3 aromatic heterocycles. The molecule has 0 aromatic carbocycles. The predicted octanol–water partition coefficient (Wildman–Crippen LogP) is 1.66. The molecule has 1 fully saturated rings. The Hall–Kier alpha value is -2.90. The maximum Gasteiger partial charge on any atom is 0.275 e. The zero-order chi connectivity index (χ0) is 18.6. The number of amides is 1. The molecule has 1 aliphatic heterocycles. The molecule has 0 saturated carbocycles. The standard InChI is InChI=1S/C18H22N6O2/c1-10-11(2)19-16-8-14(21-24(16)17(10)25)15-6-5-7-23(15)18(26)13-9-22(4)20-12(13)3/h8-9,15,21H,5-7H2,1-4H3/t15-/m0/s1. The zero-order valence-electron chi connectivity index (χ0n) is 15.4. The van der Waals surface area contributed by atoms with Gasteiger partial charge >= 0.3 is 0 Å². The summed E-state index contributed by atoms with van der Waals surface area (Å²) in [5.41, 5.74) is 4.03. The number of likely N-dealkylation sites (tertiary alicyclic amines) is 1. The van der Waals surface area contributed by atoms with Crippen molar-refractivity contribution in [2.45, 2.75) is 39.7 Å². The van der Waals surface area contributed by atoms with Crippen molar-refractivity contribution in [3.8, 4) is 0 Å². The fraction of sp³-hybridized carbons (Fsp3) is 0.444. The molecule has 1 atom stereocenters. The summed E-state index contributed by atoms with van der Waals surface area (Å²) in [6.45, 7) is 6.14. The first-order chi connectivity index (χ1) is 12.4. The number of nitrogens with one attached hydrogen (secondary N) is 1. The van der Waals surface area contributed by atoms with Crippen LogP contribution in [0, 0.1) is 20.8 Å². The van der Waals surface area contributed by atoms with Gasteiger partial charge in [0.2, 0.25) is 0 Å². The Morgan fingerprint density at radius 3 is 2.73 bits per heavy atom. The summed E-state index contributed by atoms with van der Waals surface area (Å²) >= 11 is 0. The zero-order valence-corrected chi connectivity index (χ0v) is 15.4. The first kappa shape index (κ1) is 16.6. The molecule has 26 heavy (non-hydrogen) atoms. The molecule has 4 rings (SSSR count). The highest BCUT2D eigenvalue weighted by Gasteiger charge is 2.33. The number of rotatable bonds is 2. The second-order valence-corrected chi connectivity index (χ2v) is 6.99. The summed E-state index contributed by atoms with van der Waals surface area (Å²) in [4.78, 5) is 31.8. The van der Waals surface area contributed by atoms with Crippen LogP contribution in [0.5, 0.6) is 0 Å². The number of hydrogen-bond donors (Lipinski definition) is 1. The number of H-pyrrole nitrogens is 1. The van der Waals surface area contributed by atoms with E-state index in [1.165, 1.54) is 4.52 Å². The molecule has 0 radical (unpaired) electrons. The molecule has 8 heteroatoms. The molecule has 3 aromatic rings. The van der Waals surface area contributed by atoms with Gasteiger partial charge in [0.1, 0.15) is 0 Å². The SMILES string of the molecule is Cc1nn(C)cc1C(=O)N1CCC[C@H]1c1cc2nc(C)c(C)c(=O)n2[nH]1. The van der Waals surface area contributed by atoms with Crippen molar-refractivity contribution in [3.63, 3.8) is 0 Å². The Kier molecular flexibility index (Phi) is 3.71. The van der Waals surface area contributed by atoms with Crippen LogP contribution in [0.4, 0.5) is 0 Å². The Labute approximate surface area is 150 Å². The Morgan fingerprint density at radius 2 is 2.04 bits per heavy atom. The maximum absolute atomic E-state index is 13.0. The number of aromatic amines is 1. The van der Waals surface area contributed by atoms with Gasteiger partial charge in [0.15, 0.2) is 5.65 Å². The minimum absolute atomic E-state index is 0.0237. The van der Waals surface area contributed by atoms with E-state index in [0.29, 0.717) is 23.3 Å². The van der Waals surface area contributed by atoms with Crippen LogP contribution < -0.4 is 5.56 Å². The third kappa shape index (κ3) is 2.44. The third-order valence-corrected chi connectivity index (χ3v) is 5.22. The van der Waals surface area contributed by atoms with Crippen molar-refractivity contribution < 1.29 is 4.79 Å². The number of carbonyl (C=O) groups excluding carboxylic acids is 1. The number of carbonyl (C=O) groups is 1. The van der Waals surface area contributed by atoms with E-state index in [9.17, 15) is 9.59 Å². The van der Waals surface area contributed by atoms with Gasteiger partial charge in [-0.3, -0.25) is 19.4 Å². The largest absolute Gasteiger partial charge is 0.330 e. The lowest BCUT2D eigenvalue weighted by atomic mass is 10.1. The van der Waals surface area contributed by atoms with Crippen LogP contribution in [0.2, 0.25) is 0 Å². The smallest absolute Gasteiger partial charge is 0.275 e. The van der Waals surface area contributed by atoms with Gasteiger partial charge in [-0.2, -0.15) is 5.10 Å². The van der Waals surface area contributed by atoms with Gasteiger partial charge in [0, 0.05) is 37.1 Å². The lowest BCUT2D eigenvalue weighted by Gasteiger charge is -2.23. The maximum atomic E-state index is 13.0. The average molecular weight is 354 g/mol. The number of fused-ring (bicyclic) bond motifs is 1. The van der Waals surface area contributed by atoms with Crippen molar-refractivity contribution in [3.05, 3.63) is 50.8 Å². The number of nitrogens with zero attached hydrogens (tertiary/aromatic N) is 5. The first-order valence-electron chi connectivity index (χ1n) is 8.77. The molecule has 8 nitrogen and oxygen atoms in total. The van der Waals surface area contributed by atoms with E-state index >= 15 is 0 Å². The Morgan fingerprint density at radius 1 is 1.27 bits per heavy atom. The first-order valence-corrected chi connectivity index (χ1v) is 8.77. The Bertz CT molecular complexity index is 1070. The van der Waals surface area contributed by atoms with Gasteiger partial charge in [-0.25, -0.2) is 9.50 Å². The molecule has 4 heterocycles. The van der Waals surface area contributed by atoms with Gasteiger partial charge in [0.25, 0.3) is 11.5 Å². The Balaban J connectivity index is 1.74. The molecule has 0 bridgehead atoms. The minimum atomic E-state index is -0.0993. The highest BCUT2D eigenvalue weighted by Crippen LogP contribution is 2.33. The van der Waals surface area contributed by atoms with E-state index in [1.807, 2.05) is 31.9 Å². The fourth-order valence-corrected chi connectivity index (χ4v) is 3.71. The van der Waals surface area contributed by atoms with Crippen LogP contribution in [0.25, 0.3) is 5.65 Å². The molecule has 1 saturated heterocycles. The summed E-state index contributed by atoms with van der Waals surface area (Å²) in [6.07, 6.45) is 3.53. The fourth-order valence-electron chi connectivity index (χ4n) is 3.71. The van der Waals surface area contributed by atoms with Gasteiger partial charge in [0.05, 0.1) is 23.0 Å². The molecule has 0 aliphatic carbocycles. The number of hydrogen-bond acceptors (Lipinski definition) is 4. The van der Waals surface area contributed by atoms with Crippen molar-refractivity contribution in [1.29, 1.82) is 0 Å². The monoisotopic (exact) mass is 354 g/mol. The predicted molar refractivity (Wildman–Crippen MR) is 96.2 cm³/mol. The molecule has 1 N–H and O–H groups in total. The van der Waals surface area contributed by atoms with E-state index in [4.69, 9.17) is 0 Å². The van der Waals surface area contributed by atoms with Crippen LogP contribution in [0.15, 0.2) is 17.1 Å². The molecule has 136 valence electrons.